The van der Waals surface area contributed by atoms with Crippen molar-refractivity contribution in [1.82, 2.24) is 0 Å². The van der Waals surface area contributed by atoms with Gasteiger partial charge in [-0.1, -0.05) is 129 Å². The van der Waals surface area contributed by atoms with Crippen LogP contribution in [-0.2, 0) is 12.8 Å². The summed E-state index contributed by atoms with van der Waals surface area (Å²) in [6.45, 7) is 28.3. The molecule has 0 heterocycles. The smallest absolute Gasteiger partial charge is 0.176 e. The largest absolute Gasteiger partial charge is 0.399 e. The lowest BCUT2D eigenvalue weighted by Gasteiger charge is -2.14. The molecule has 12 N–H and O–H groups in total. The van der Waals surface area contributed by atoms with Crippen molar-refractivity contribution in [2.75, 3.05) is 60.7 Å². The Balaban J connectivity index is 0.666. The Morgan fingerprint density at radius 3 is 0.931 bits per heavy atom. The van der Waals surface area contributed by atoms with Gasteiger partial charge in [-0.25, -0.2) is 0 Å². The molecule has 10 aromatic carbocycles. The standard InChI is InChI=1S/C88H88N10S3/c1-12-63-51-82(41-31-72(63)21-20-66-25-35-76(90)45-57(66)6)96-86(99)93-80-39-29-70(61(10)49-80)18-19-71-30-40-81(50-62(71)11)95-88(101)98-84-43-33-74(85(53-84)55(3)4)23-22-73-32-42-83(52-64(73)13-2)97-87(100)94-79-38-28-69(60(9)48-79)17-16-68-27-37-78(47-59(68)8)92-54-91-77-36-26-67(58(7)46-77)15-14-65-24-34-75(89)44-56(65)5/h14-53,91-92H,3,11-13,54,89-90H2,1-2,4-10H3,(H5-,93,94,95,96,97,98,99,100,101)/p+1/b15-14+,17-16+,19-18+,21-20+,23-22+. The van der Waals surface area contributed by atoms with E-state index in [-0.39, 0.29) is 0 Å². The molecule has 0 saturated heterocycles. The molecule has 10 rings (SSSR count). The lowest BCUT2D eigenvalue weighted by molar-refractivity contribution is 1.13. The van der Waals surface area contributed by atoms with E-state index in [2.05, 4.69) is 300 Å². The van der Waals surface area contributed by atoms with E-state index >= 15 is 0 Å². The van der Waals surface area contributed by atoms with E-state index in [4.69, 9.17) is 48.1 Å². The topological polar surface area (TPSA) is 148 Å². The molecule has 0 amide bonds. The summed E-state index contributed by atoms with van der Waals surface area (Å²) in [6, 6.07) is 62.3. The number of benzene rings is 10. The maximum absolute atomic E-state index is 5.96. The van der Waals surface area contributed by atoms with Crippen LogP contribution in [0, 0.1) is 48.5 Å². The highest BCUT2D eigenvalue weighted by Crippen LogP contribution is 2.30. The van der Waals surface area contributed by atoms with E-state index in [0.29, 0.717) is 22.0 Å². The van der Waals surface area contributed by atoms with Crippen molar-refractivity contribution in [1.29, 1.82) is 0 Å². The predicted octanol–water partition coefficient (Wildman–Crippen LogP) is 22.8. The highest BCUT2D eigenvalue weighted by Gasteiger charge is 2.13. The number of hydrogen-bond donors (Lipinski definition) is 10. The molecule has 508 valence electrons. The lowest BCUT2D eigenvalue weighted by Crippen LogP contribution is -2.19. The Kier molecular flexibility index (Phi) is 24.4. The summed E-state index contributed by atoms with van der Waals surface area (Å²) in [5.74, 6) is 0. The lowest BCUT2D eigenvalue weighted by atomic mass is 9.98. The Morgan fingerprint density at radius 2 is 0.594 bits per heavy atom. The number of aryl methyl sites for hydroxylation is 8. The molecule has 0 unspecified atom stereocenters. The quantitative estimate of drug-likeness (QED) is 0.00975. The van der Waals surface area contributed by atoms with Gasteiger partial charge in [0.15, 0.2) is 15.3 Å². The molecule has 101 heavy (non-hydrogen) atoms. The normalized spacial score (nSPS) is 11.4. The molecule has 10 nitrogen and oxygen atoms in total. The Labute approximate surface area is 613 Å². The fourth-order valence-corrected chi connectivity index (χ4v) is 12.6. The summed E-state index contributed by atoms with van der Waals surface area (Å²) >= 11 is 17.4. The molecule has 0 saturated carbocycles. The van der Waals surface area contributed by atoms with Crippen LogP contribution in [0.3, 0.4) is 0 Å². The molecule has 0 fully saturated rings. The molecule has 0 bridgehead atoms. The van der Waals surface area contributed by atoms with E-state index in [1.807, 2.05) is 61.5 Å². The van der Waals surface area contributed by atoms with Crippen LogP contribution in [0.1, 0.15) is 132 Å². The molecule has 0 aliphatic heterocycles. The van der Waals surface area contributed by atoms with E-state index < -0.39 is 0 Å². The van der Waals surface area contributed by atoms with Crippen LogP contribution < -0.4 is 54.0 Å². The molecular formula is C88H89N10S3+. The molecule has 0 radical (unpaired) electrons. The van der Waals surface area contributed by atoms with Crippen molar-refractivity contribution in [3.8, 4) is 0 Å². The fourth-order valence-electron chi connectivity index (χ4n) is 11.9. The van der Waals surface area contributed by atoms with Gasteiger partial charge in [0, 0.05) is 70.3 Å². The van der Waals surface area contributed by atoms with Crippen LogP contribution in [0.2, 0.25) is 0 Å². The van der Waals surface area contributed by atoms with Crippen LogP contribution in [0.4, 0.5) is 56.9 Å². The van der Waals surface area contributed by atoms with Gasteiger partial charge in [-0.2, -0.15) is 0 Å². The summed E-state index contributed by atoms with van der Waals surface area (Å²) in [5, 5.41) is 28.8. The van der Waals surface area contributed by atoms with Crippen molar-refractivity contribution in [2.24, 2.45) is 0 Å². The third kappa shape index (κ3) is 20.2. The van der Waals surface area contributed by atoms with Crippen molar-refractivity contribution in [3.05, 3.63) is 307 Å². The zero-order valence-corrected chi connectivity index (χ0v) is 61.5. The number of nitrogen functional groups attached to an aromatic ring is 2. The van der Waals surface area contributed by atoms with Crippen molar-refractivity contribution >= 4 is 175 Å². The molecule has 0 spiro atoms. The van der Waals surface area contributed by atoms with Gasteiger partial charge in [0.1, 0.15) is 5.56 Å². The maximum atomic E-state index is 5.96. The van der Waals surface area contributed by atoms with Crippen LogP contribution in [0.15, 0.2) is 189 Å². The second kappa shape index (κ2) is 34.0. The highest BCUT2D eigenvalue weighted by molar-refractivity contribution is 7.81. The Morgan fingerprint density at radius 1 is 0.337 bits per heavy atom. The van der Waals surface area contributed by atoms with Crippen LogP contribution in [-0.4, -0.2) is 22.0 Å². The SMILES string of the molecule is C=C(C)c1cc(NC(=S)Nc2ccc(/C=C/c3ccc(NC(=S)Nc4ccc(/C=C/c5ccc(N)cc5C)c(CC)c4)cc3C)c([CH2+])c2)ccc1/C=C/c1ccc(NC(=S)Nc2ccc(/C=C/c3ccc(NCNc4ccc(/C=C/c5ccc(N)cc5C)c(C)c4)cc3C)c(C)c2)cc1CC. The second-order valence-electron chi connectivity index (χ2n) is 25.5. The zero-order chi connectivity index (χ0) is 71.7. The Bertz CT molecular complexity index is 4930. The van der Waals surface area contributed by atoms with Gasteiger partial charge >= 0.3 is 0 Å². The van der Waals surface area contributed by atoms with E-state index in [0.717, 1.165) is 159 Å². The van der Waals surface area contributed by atoms with E-state index in [9.17, 15) is 0 Å². The number of nitrogens with one attached hydrogen (secondary N) is 8. The summed E-state index contributed by atoms with van der Waals surface area (Å²) < 4.78 is 0. The summed E-state index contributed by atoms with van der Waals surface area (Å²) in [7, 11) is 0. The first-order chi connectivity index (χ1) is 48.6. The number of anilines is 10. The molecule has 0 atom stereocenters. The number of thiocarbonyl (C=S) groups is 3. The Hall–Kier alpha value is -11.2. The van der Waals surface area contributed by atoms with Crippen LogP contribution >= 0.6 is 36.7 Å². The van der Waals surface area contributed by atoms with Gasteiger partial charge in [-0.15, -0.1) is 0 Å². The van der Waals surface area contributed by atoms with Gasteiger partial charge < -0.3 is 54.0 Å². The van der Waals surface area contributed by atoms with E-state index in [1.165, 1.54) is 27.8 Å². The maximum Gasteiger partial charge on any atom is 0.176 e. The monoisotopic (exact) mass is 1380 g/mol. The van der Waals surface area contributed by atoms with Crippen LogP contribution in [0.25, 0.3) is 66.3 Å². The van der Waals surface area contributed by atoms with Gasteiger partial charge in [0.05, 0.1) is 24.0 Å². The van der Waals surface area contributed by atoms with Crippen molar-refractivity contribution < 1.29 is 0 Å². The number of nitrogens with two attached hydrogens (primary N) is 2. The number of hydrogen-bond acceptors (Lipinski definition) is 7. The van der Waals surface area contributed by atoms with Crippen molar-refractivity contribution in [3.63, 3.8) is 0 Å². The average Bonchev–Trinajstić information content (AvgIpc) is 0.844. The molecule has 10 aromatic rings. The first-order valence-electron chi connectivity index (χ1n) is 33.9. The molecule has 13 heteroatoms. The first-order valence-corrected chi connectivity index (χ1v) is 35.1. The number of rotatable bonds is 23. The summed E-state index contributed by atoms with van der Waals surface area (Å²) in [4.78, 5) is 0. The van der Waals surface area contributed by atoms with Gasteiger partial charge in [-0.3, -0.25) is 0 Å². The third-order valence-corrected chi connectivity index (χ3v) is 18.3. The molecule has 0 aromatic heterocycles. The minimum absolute atomic E-state index is 0.463. The minimum Gasteiger partial charge on any atom is -0.399 e. The first kappa shape index (κ1) is 72.5. The zero-order valence-electron chi connectivity index (χ0n) is 59.0. The molecule has 0 aliphatic carbocycles. The number of allylic oxidation sites excluding steroid dienone is 1. The minimum atomic E-state index is 0.463. The average molecular weight is 1380 g/mol. The van der Waals surface area contributed by atoms with E-state index in [1.54, 1.807) is 0 Å². The van der Waals surface area contributed by atoms with Gasteiger partial charge in [0.25, 0.3) is 0 Å². The van der Waals surface area contributed by atoms with Crippen LogP contribution in [0.5, 0.6) is 0 Å². The second-order valence-corrected chi connectivity index (χ2v) is 26.7. The summed E-state index contributed by atoms with van der Waals surface area (Å²) in [5.41, 5.74) is 44.2. The van der Waals surface area contributed by atoms with Gasteiger partial charge in [-0.05, 0) is 319 Å². The summed E-state index contributed by atoms with van der Waals surface area (Å²) in [6.07, 6.45) is 23.1. The van der Waals surface area contributed by atoms with Crippen molar-refractivity contribution in [2.45, 2.75) is 75.2 Å². The molecule has 0 aliphatic rings. The van der Waals surface area contributed by atoms with Gasteiger partial charge in [0.2, 0.25) is 0 Å². The highest BCUT2D eigenvalue weighted by atomic mass is 32.1. The fraction of sp³-hybridized carbons (Fsp3) is 0.136. The third-order valence-electron chi connectivity index (χ3n) is 17.7. The molecular weight excluding hydrogens is 1290 g/mol. The predicted molar refractivity (Wildman–Crippen MR) is 456 cm³/mol.